The first-order valence-electron chi connectivity index (χ1n) is 8.92. The van der Waals surface area contributed by atoms with Crippen LogP contribution in [0, 0.1) is 0 Å². The molecule has 3 heteroatoms. The first-order valence-corrected chi connectivity index (χ1v) is 8.92. The zero-order chi connectivity index (χ0) is 15.5. The molecule has 0 aromatic heterocycles. The quantitative estimate of drug-likeness (QED) is 0.739. The van der Waals surface area contributed by atoms with E-state index in [0.29, 0.717) is 12.6 Å². The third kappa shape index (κ3) is 3.76. The molecule has 2 unspecified atom stereocenters. The molecule has 2 aliphatic heterocycles. The Morgan fingerprint density at radius 2 is 1.67 bits per heavy atom. The molecular formula is C21H26ClNO. The lowest BCUT2D eigenvalue weighted by molar-refractivity contribution is 0.150. The summed E-state index contributed by atoms with van der Waals surface area (Å²) in [5.41, 5.74) is 2.67. The van der Waals surface area contributed by atoms with Crippen molar-refractivity contribution >= 4 is 12.4 Å². The van der Waals surface area contributed by atoms with Gasteiger partial charge in [-0.15, -0.1) is 12.4 Å². The Hall–Kier alpha value is -1.51. The van der Waals surface area contributed by atoms with E-state index in [1.807, 2.05) is 6.07 Å². The third-order valence-electron chi connectivity index (χ3n) is 5.36. The van der Waals surface area contributed by atoms with Crippen LogP contribution >= 0.6 is 12.4 Å². The molecular weight excluding hydrogens is 318 g/mol. The number of hydrogen-bond donors (Lipinski definition) is 0. The zero-order valence-corrected chi connectivity index (χ0v) is 14.9. The minimum Gasteiger partial charge on any atom is -0.489 e. The SMILES string of the molecule is Cl.c1ccc(COc2ccc(C3CCC4CCCCN43)cc2)cc1. The maximum Gasteiger partial charge on any atom is 0.119 e. The van der Waals surface area contributed by atoms with Crippen LogP contribution in [0.15, 0.2) is 54.6 Å². The van der Waals surface area contributed by atoms with Gasteiger partial charge in [0.05, 0.1) is 0 Å². The van der Waals surface area contributed by atoms with Crippen molar-refractivity contribution in [3.8, 4) is 5.75 Å². The molecule has 0 saturated carbocycles. The second kappa shape index (κ2) is 8.04. The van der Waals surface area contributed by atoms with Crippen molar-refractivity contribution in [2.24, 2.45) is 0 Å². The maximum atomic E-state index is 5.90. The number of hydrogen-bond acceptors (Lipinski definition) is 2. The minimum atomic E-state index is 0. The summed E-state index contributed by atoms with van der Waals surface area (Å²) in [7, 11) is 0. The number of fused-ring (bicyclic) bond motifs is 1. The van der Waals surface area contributed by atoms with Gasteiger partial charge in [-0.3, -0.25) is 4.90 Å². The molecule has 128 valence electrons. The Kier molecular flexibility index (Phi) is 5.80. The molecule has 2 saturated heterocycles. The maximum absolute atomic E-state index is 5.90. The van der Waals surface area contributed by atoms with Crippen LogP contribution in [0.1, 0.15) is 49.3 Å². The highest BCUT2D eigenvalue weighted by Gasteiger charge is 2.35. The molecule has 4 rings (SSSR count). The third-order valence-corrected chi connectivity index (χ3v) is 5.36. The van der Waals surface area contributed by atoms with Crippen molar-refractivity contribution in [1.82, 2.24) is 4.90 Å². The predicted molar refractivity (Wildman–Crippen MR) is 101 cm³/mol. The van der Waals surface area contributed by atoms with E-state index in [2.05, 4.69) is 53.4 Å². The molecule has 2 nitrogen and oxygen atoms in total. The van der Waals surface area contributed by atoms with E-state index in [1.54, 1.807) is 0 Å². The van der Waals surface area contributed by atoms with E-state index in [-0.39, 0.29) is 12.4 Å². The Labute approximate surface area is 151 Å². The number of ether oxygens (including phenoxy) is 1. The largest absolute Gasteiger partial charge is 0.489 e. The molecule has 0 aliphatic carbocycles. The van der Waals surface area contributed by atoms with E-state index in [0.717, 1.165) is 11.8 Å². The van der Waals surface area contributed by atoms with E-state index in [4.69, 9.17) is 4.74 Å². The zero-order valence-electron chi connectivity index (χ0n) is 14.1. The molecule has 2 fully saturated rings. The van der Waals surface area contributed by atoms with Crippen LogP contribution in [0.25, 0.3) is 0 Å². The summed E-state index contributed by atoms with van der Waals surface area (Å²) in [6, 6.07) is 20.6. The average Bonchev–Trinajstić information content (AvgIpc) is 3.05. The first kappa shape index (κ1) is 17.3. The smallest absolute Gasteiger partial charge is 0.119 e. The molecule has 2 aliphatic rings. The summed E-state index contributed by atoms with van der Waals surface area (Å²) in [6.07, 6.45) is 6.87. The monoisotopic (exact) mass is 343 g/mol. The molecule has 0 N–H and O–H groups in total. The van der Waals surface area contributed by atoms with Gasteiger partial charge < -0.3 is 4.74 Å². The molecule has 2 aromatic rings. The van der Waals surface area contributed by atoms with Crippen LogP contribution < -0.4 is 4.74 Å². The van der Waals surface area contributed by atoms with E-state index in [1.165, 1.54) is 49.8 Å². The van der Waals surface area contributed by atoms with Gasteiger partial charge in [0.1, 0.15) is 12.4 Å². The molecule has 0 spiro atoms. The summed E-state index contributed by atoms with van der Waals surface area (Å²) >= 11 is 0. The number of nitrogens with zero attached hydrogens (tertiary/aromatic N) is 1. The summed E-state index contributed by atoms with van der Waals surface area (Å²) < 4.78 is 5.90. The summed E-state index contributed by atoms with van der Waals surface area (Å²) in [5.74, 6) is 0.964. The standard InChI is InChI=1S/C21H25NO.ClH/c1-2-6-17(7-3-1)16-23-20-12-9-18(10-13-20)21-14-11-19-8-4-5-15-22(19)21;/h1-3,6-7,9-10,12-13,19,21H,4-5,8,11,14-16H2;1H. The van der Waals surface area contributed by atoms with Gasteiger partial charge >= 0.3 is 0 Å². The fraction of sp³-hybridized carbons (Fsp3) is 0.429. The van der Waals surface area contributed by atoms with Crippen molar-refractivity contribution in [3.63, 3.8) is 0 Å². The molecule has 2 heterocycles. The highest BCUT2D eigenvalue weighted by molar-refractivity contribution is 5.85. The normalized spacial score (nSPS) is 23.3. The molecule has 2 aromatic carbocycles. The van der Waals surface area contributed by atoms with Crippen molar-refractivity contribution in [1.29, 1.82) is 0 Å². The van der Waals surface area contributed by atoms with Crippen molar-refractivity contribution < 1.29 is 4.74 Å². The van der Waals surface area contributed by atoms with Gasteiger partial charge in [0.2, 0.25) is 0 Å². The number of piperidine rings is 1. The van der Waals surface area contributed by atoms with Gasteiger partial charge in [-0.25, -0.2) is 0 Å². The van der Waals surface area contributed by atoms with Crippen LogP contribution in [0.4, 0.5) is 0 Å². The summed E-state index contributed by atoms with van der Waals surface area (Å²) in [5, 5.41) is 0. The van der Waals surface area contributed by atoms with E-state index < -0.39 is 0 Å². The Morgan fingerprint density at radius 1 is 0.875 bits per heavy atom. The highest BCUT2D eigenvalue weighted by Crippen LogP contribution is 2.40. The molecule has 0 bridgehead atoms. The van der Waals surface area contributed by atoms with Crippen LogP contribution in [-0.4, -0.2) is 17.5 Å². The van der Waals surface area contributed by atoms with Gasteiger partial charge in [-0.1, -0.05) is 48.9 Å². The lowest BCUT2D eigenvalue weighted by Crippen LogP contribution is -2.35. The Bertz CT molecular complexity index is 628. The van der Waals surface area contributed by atoms with Crippen molar-refractivity contribution in [2.45, 2.75) is 50.8 Å². The fourth-order valence-electron chi connectivity index (χ4n) is 4.14. The molecule has 0 radical (unpaired) electrons. The highest BCUT2D eigenvalue weighted by atomic mass is 35.5. The van der Waals surface area contributed by atoms with Gasteiger partial charge in [-0.2, -0.15) is 0 Å². The number of halogens is 1. The van der Waals surface area contributed by atoms with Crippen LogP contribution in [0.3, 0.4) is 0 Å². The number of rotatable bonds is 4. The molecule has 2 atom stereocenters. The summed E-state index contributed by atoms with van der Waals surface area (Å²) in [6.45, 7) is 1.92. The Morgan fingerprint density at radius 3 is 2.46 bits per heavy atom. The van der Waals surface area contributed by atoms with Crippen molar-refractivity contribution in [3.05, 3.63) is 65.7 Å². The number of benzene rings is 2. The fourth-order valence-corrected chi connectivity index (χ4v) is 4.14. The van der Waals surface area contributed by atoms with Crippen LogP contribution in [0.5, 0.6) is 5.75 Å². The summed E-state index contributed by atoms with van der Waals surface area (Å²) in [4.78, 5) is 2.74. The predicted octanol–water partition coefficient (Wildman–Crippen LogP) is 5.38. The lowest BCUT2D eigenvalue weighted by atomic mass is 10.0. The van der Waals surface area contributed by atoms with Gasteiger partial charge in [0.15, 0.2) is 0 Å². The molecule has 24 heavy (non-hydrogen) atoms. The van der Waals surface area contributed by atoms with E-state index in [9.17, 15) is 0 Å². The van der Waals surface area contributed by atoms with E-state index >= 15 is 0 Å². The van der Waals surface area contributed by atoms with Crippen LogP contribution in [0.2, 0.25) is 0 Å². The topological polar surface area (TPSA) is 12.5 Å². The second-order valence-corrected chi connectivity index (χ2v) is 6.82. The van der Waals surface area contributed by atoms with Gasteiger partial charge in [-0.05, 0) is 55.5 Å². The van der Waals surface area contributed by atoms with Gasteiger partial charge in [0, 0.05) is 12.1 Å². The lowest BCUT2D eigenvalue weighted by Gasteiger charge is -2.34. The van der Waals surface area contributed by atoms with Crippen LogP contribution in [-0.2, 0) is 6.61 Å². The van der Waals surface area contributed by atoms with Gasteiger partial charge in [0.25, 0.3) is 0 Å². The average molecular weight is 344 g/mol. The second-order valence-electron chi connectivity index (χ2n) is 6.82. The Balaban J connectivity index is 0.00000169. The van der Waals surface area contributed by atoms with Crippen molar-refractivity contribution in [2.75, 3.05) is 6.54 Å². The minimum absolute atomic E-state index is 0. The molecule has 0 amide bonds. The first-order chi connectivity index (χ1) is 11.4.